The fourth-order valence-electron chi connectivity index (χ4n) is 1.14. The molecule has 0 aromatic heterocycles. The number of hydrogen-bond donors (Lipinski definition) is 0. The molecule has 0 bridgehead atoms. The molecule has 1 atom stereocenters. The summed E-state index contributed by atoms with van der Waals surface area (Å²) < 4.78 is 21.5. The molecule has 0 aliphatic heterocycles. The van der Waals surface area contributed by atoms with Crippen LogP contribution in [0.2, 0.25) is 0 Å². The van der Waals surface area contributed by atoms with Crippen LogP contribution in [0.1, 0.15) is 26.2 Å². The molecule has 1 aliphatic carbocycles. The first-order chi connectivity index (χ1) is 4.52. The van der Waals surface area contributed by atoms with E-state index in [1.54, 1.807) is 6.92 Å². The van der Waals surface area contributed by atoms with Gasteiger partial charge in [0.15, 0.2) is 0 Å². The van der Waals surface area contributed by atoms with Gasteiger partial charge >= 0.3 is 0 Å². The molecule has 0 heterocycles. The second-order valence-corrected chi connectivity index (χ2v) is 5.86. The van der Waals surface area contributed by atoms with Gasteiger partial charge in [-0.2, -0.15) is 0 Å². The van der Waals surface area contributed by atoms with Crippen LogP contribution < -0.4 is 0 Å². The quantitative estimate of drug-likeness (QED) is 0.610. The second-order valence-electron chi connectivity index (χ2n) is 2.87. The van der Waals surface area contributed by atoms with Crippen LogP contribution in [0.15, 0.2) is 0 Å². The van der Waals surface area contributed by atoms with Crippen molar-refractivity contribution in [2.75, 3.05) is 0 Å². The zero-order valence-corrected chi connectivity index (χ0v) is 7.45. The van der Waals surface area contributed by atoms with Gasteiger partial charge in [0.05, 0.1) is 5.25 Å². The van der Waals surface area contributed by atoms with Crippen LogP contribution in [0.5, 0.6) is 0 Å². The molecule has 1 aliphatic rings. The lowest BCUT2D eigenvalue weighted by molar-refractivity contribution is 0.309. The summed E-state index contributed by atoms with van der Waals surface area (Å²) in [6, 6.07) is 0. The Morgan fingerprint density at radius 3 is 2.10 bits per heavy atom. The molecular formula is C6H11ClO2S. The Bertz CT molecular complexity index is 206. The molecule has 0 saturated heterocycles. The van der Waals surface area contributed by atoms with Crippen LogP contribution in [0.4, 0.5) is 0 Å². The monoisotopic (exact) mass is 182 g/mol. The topological polar surface area (TPSA) is 34.1 Å². The molecule has 0 aromatic carbocycles. The van der Waals surface area contributed by atoms with Crippen LogP contribution in [-0.4, -0.2) is 13.7 Å². The van der Waals surface area contributed by atoms with Crippen molar-refractivity contribution in [3.8, 4) is 0 Å². The van der Waals surface area contributed by atoms with E-state index < -0.39 is 9.05 Å². The van der Waals surface area contributed by atoms with E-state index in [2.05, 4.69) is 0 Å². The maximum atomic E-state index is 10.7. The van der Waals surface area contributed by atoms with E-state index in [0.717, 1.165) is 19.3 Å². The van der Waals surface area contributed by atoms with Crippen molar-refractivity contribution < 1.29 is 8.42 Å². The Kier molecular flexibility index (Phi) is 2.25. The minimum atomic E-state index is -3.29. The van der Waals surface area contributed by atoms with Crippen molar-refractivity contribution in [1.82, 2.24) is 0 Å². The van der Waals surface area contributed by atoms with Gasteiger partial charge in [0.2, 0.25) is 9.05 Å². The minimum Gasteiger partial charge on any atom is -0.212 e. The second kappa shape index (κ2) is 2.70. The summed E-state index contributed by atoms with van der Waals surface area (Å²) in [7, 11) is 1.87. The highest BCUT2D eigenvalue weighted by Gasteiger charge is 2.31. The van der Waals surface area contributed by atoms with E-state index in [9.17, 15) is 8.42 Å². The molecule has 0 radical (unpaired) electrons. The smallest absolute Gasteiger partial charge is 0.212 e. The molecule has 0 amide bonds. The van der Waals surface area contributed by atoms with E-state index in [0.29, 0.717) is 5.92 Å². The number of rotatable bonds is 2. The van der Waals surface area contributed by atoms with Gasteiger partial charge in [-0.25, -0.2) is 8.42 Å². The molecule has 1 rings (SSSR count). The highest BCUT2D eigenvalue weighted by atomic mass is 35.7. The van der Waals surface area contributed by atoms with Crippen LogP contribution in [0, 0.1) is 5.92 Å². The van der Waals surface area contributed by atoms with Gasteiger partial charge in [0, 0.05) is 10.7 Å². The molecule has 2 nitrogen and oxygen atoms in total. The third-order valence-electron chi connectivity index (χ3n) is 2.26. The van der Waals surface area contributed by atoms with Crippen molar-refractivity contribution in [3.05, 3.63) is 0 Å². The summed E-state index contributed by atoms with van der Waals surface area (Å²) in [6.45, 7) is 1.69. The molecule has 4 heteroatoms. The van der Waals surface area contributed by atoms with Crippen molar-refractivity contribution in [3.63, 3.8) is 0 Å². The Balaban J connectivity index is 2.56. The summed E-state index contributed by atoms with van der Waals surface area (Å²) in [5.41, 5.74) is 0. The number of halogens is 1. The predicted octanol–water partition coefficient (Wildman–Crippen LogP) is 1.74. The first kappa shape index (κ1) is 8.34. The zero-order chi connectivity index (χ0) is 7.78. The summed E-state index contributed by atoms with van der Waals surface area (Å²) >= 11 is 0. The number of hydrogen-bond acceptors (Lipinski definition) is 2. The summed E-state index contributed by atoms with van der Waals surface area (Å²) in [5.74, 6) is 0.322. The summed E-state index contributed by atoms with van der Waals surface area (Å²) in [6.07, 6.45) is 3.20. The standard InChI is InChI=1S/C6H11ClO2S/c1-5(10(7,8)9)6-3-2-4-6/h5-6H,2-4H2,1H3. The van der Waals surface area contributed by atoms with Gasteiger partial charge in [0.1, 0.15) is 0 Å². The predicted molar refractivity (Wildman–Crippen MR) is 41.6 cm³/mol. The Morgan fingerprint density at radius 2 is 2.00 bits per heavy atom. The van der Waals surface area contributed by atoms with Crippen molar-refractivity contribution in [2.45, 2.75) is 31.4 Å². The fraction of sp³-hybridized carbons (Fsp3) is 1.00. The van der Waals surface area contributed by atoms with Gasteiger partial charge < -0.3 is 0 Å². The van der Waals surface area contributed by atoms with Gasteiger partial charge in [-0.05, 0) is 25.7 Å². The molecule has 0 spiro atoms. The molecular weight excluding hydrogens is 172 g/mol. The minimum absolute atomic E-state index is 0.322. The highest BCUT2D eigenvalue weighted by Crippen LogP contribution is 2.33. The lowest BCUT2D eigenvalue weighted by atomic mass is 9.83. The largest absolute Gasteiger partial charge is 0.235 e. The Labute approximate surface area is 66.0 Å². The van der Waals surface area contributed by atoms with Gasteiger partial charge in [-0.1, -0.05) is 6.42 Å². The Morgan fingerprint density at radius 1 is 1.50 bits per heavy atom. The lowest BCUT2D eigenvalue weighted by Gasteiger charge is -2.29. The third kappa shape index (κ3) is 1.64. The molecule has 0 N–H and O–H groups in total. The SMILES string of the molecule is CC(C1CCC1)S(=O)(=O)Cl. The third-order valence-corrected chi connectivity index (χ3v) is 4.37. The van der Waals surface area contributed by atoms with Crippen LogP contribution >= 0.6 is 10.7 Å². The van der Waals surface area contributed by atoms with E-state index >= 15 is 0 Å². The molecule has 10 heavy (non-hydrogen) atoms. The molecule has 1 unspecified atom stereocenters. The maximum Gasteiger partial charge on any atom is 0.235 e. The van der Waals surface area contributed by atoms with Crippen molar-refractivity contribution >= 4 is 19.7 Å². The highest BCUT2D eigenvalue weighted by molar-refractivity contribution is 8.14. The van der Waals surface area contributed by atoms with E-state index in [1.165, 1.54) is 0 Å². The van der Waals surface area contributed by atoms with Gasteiger partial charge in [0.25, 0.3) is 0 Å². The lowest BCUT2D eigenvalue weighted by Crippen LogP contribution is -2.28. The van der Waals surface area contributed by atoms with Crippen LogP contribution in [0.3, 0.4) is 0 Å². The first-order valence-corrected chi connectivity index (χ1v) is 5.82. The molecule has 60 valence electrons. The summed E-state index contributed by atoms with van der Waals surface area (Å²) in [4.78, 5) is 0. The molecule has 1 saturated carbocycles. The van der Waals surface area contributed by atoms with E-state index in [1.807, 2.05) is 0 Å². The average Bonchev–Trinajstić information content (AvgIpc) is 1.57. The maximum absolute atomic E-state index is 10.7. The van der Waals surface area contributed by atoms with E-state index in [4.69, 9.17) is 10.7 Å². The Hall–Kier alpha value is 0.240. The average molecular weight is 183 g/mol. The van der Waals surface area contributed by atoms with Crippen molar-refractivity contribution in [2.24, 2.45) is 5.92 Å². The van der Waals surface area contributed by atoms with Gasteiger partial charge in [-0.3, -0.25) is 0 Å². The molecule has 0 aromatic rings. The summed E-state index contributed by atoms with van der Waals surface area (Å²) in [5, 5.41) is -0.345. The van der Waals surface area contributed by atoms with Crippen molar-refractivity contribution in [1.29, 1.82) is 0 Å². The normalized spacial score (nSPS) is 23.8. The zero-order valence-electron chi connectivity index (χ0n) is 5.88. The van der Waals surface area contributed by atoms with Crippen LogP contribution in [-0.2, 0) is 9.05 Å². The van der Waals surface area contributed by atoms with Crippen LogP contribution in [0.25, 0.3) is 0 Å². The fourth-order valence-corrected chi connectivity index (χ4v) is 2.31. The first-order valence-electron chi connectivity index (χ1n) is 3.45. The van der Waals surface area contributed by atoms with Gasteiger partial charge in [-0.15, -0.1) is 0 Å². The van der Waals surface area contributed by atoms with E-state index in [-0.39, 0.29) is 5.25 Å². The molecule has 1 fully saturated rings.